The molecule has 1 aromatic heterocycles. The quantitative estimate of drug-likeness (QED) is 0.853. The Hall–Kier alpha value is -2.24. The van der Waals surface area contributed by atoms with Crippen molar-refractivity contribution in [2.75, 3.05) is 7.11 Å². The number of ether oxygens (including phenoxy) is 1. The molecule has 0 saturated carbocycles. The summed E-state index contributed by atoms with van der Waals surface area (Å²) in [5.41, 5.74) is 1.13. The predicted octanol–water partition coefficient (Wildman–Crippen LogP) is 2.17. The Morgan fingerprint density at radius 2 is 2.35 bits per heavy atom. The van der Waals surface area contributed by atoms with Gasteiger partial charge in [0, 0.05) is 11.5 Å². The normalized spacial score (nSPS) is 12.4. The Balaban J connectivity index is 2.39. The Morgan fingerprint density at radius 3 is 3.00 bits per heavy atom. The Morgan fingerprint density at radius 1 is 1.59 bits per heavy atom. The van der Waals surface area contributed by atoms with E-state index in [0.29, 0.717) is 17.0 Å². The summed E-state index contributed by atoms with van der Waals surface area (Å²) in [7, 11) is 1.56. The van der Waals surface area contributed by atoms with Crippen LogP contribution in [0.15, 0.2) is 22.7 Å². The number of rotatable bonds is 3. The number of amides is 1. The lowest BCUT2D eigenvalue weighted by atomic mass is 10.1. The highest BCUT2D eigenvalue weighted by Gasteiger charge is 2.16. The number of nitrogens with one attached hydrogen (secondary N) is 1. The number of aromatic nitrogens is 1. The zero-order valence-corrected chi connectivity index (χ0v) is 9.43. The zero-order valence-electron chi connectivity index (χ0n) is 9.43. The molecule has 0 aliphatic carbocycles. The summed E-state index contributed by atoms with van der Waals surface area (Å²) in [6.45, 7) is 1.70. The largest absolute Gasteiger partial charge is 0.497 e. The highest BCUT2D eigenvalue weighted by Crippen LogP contribution is 2.26. The number of fused-ring (bicyclic) bond motifs is 1. The highest BCUT2D eigenvalue weighted by atomic mass is 16.5. The van der Waals surface area contributed by atoms with Crippen molar-refractivity contribution in [1.29, 1.82) is 0 Å². The number of carboxylic acid groups (broad SMARTS) is 1. The van der Waals surface area contributed by atoms with E-state index in [1.54, 1.807) is 32.2 Å². The van der Waals surface area contributed by atoms with Crippen LogP contribution in [0.2, 0.25) is 0 Å². The summed E-state index contributed by atoms with van der Waals surface area (Å²) < 4.78 is 10.2. The maximum absolute atomic E-state index is 10.6. The maximum atomic E-state index is 10.6. The van der Waals surface area contributed by atoms with Gasteiger partial charge in [-0.1, -0.05) is 5.16 Å². The first-order valence-electron chi connectivity index (χ1n) is 5.04. The molecular weight excluding hydrogens is 224 g/mol. The topological polar surface area (TPSA) is 84.6 Å². The molecule has 0 fully saturated rings. The van der Waals surface area contributed by atoms with Gasteiger partial charge < -0.3 is 19.7 Å². The molecule has 1 unspecified atom stereocenters. The minimum absolute atomic E-state index is 0.429. The predicted molar refractivity (Wildman–Crippen MR) is 60.1 cm³/mol. The van der Waals surface area contributed by atoms with Crippen LogP contribution in [-0.2, 0) is 0 Å². The van der Waals surface area contributed by atoms with Crippen LogP contribution in [0.25, 0.3) is 11.0 Å². The summed E-state index contributed by atoms with van der Waals surface area (Å²) in [4.78, 5) is 10.6. The van der Waals surface area contributed by atoms with Crippen molar-refractivity contribution in [1.82, 2.24) is 10.5 Å². The average Bonchev–Trinajstić information content (AvgIpc) is 2.70. The summed E-state index contributed by atoms with van der Waals surface area (Å²) in [5.74, 6) is 0.666. The number of nitrogens with zero attached hydrogens (tertiary/aromatic N) is 1. The first-order chi connectivity index (χ1) is 8.11. The molecule has 2 N–H and O–H groups in total. The molecule has 1 atom stereocenters. The van der Waals surface area contributed by atoms with Gasteiger partial charge in [0.05, 0.1) is 13.2 Å². The van der Waals surface area contributed by atoms with Crippen molar-refractivity contribution in [3.8, 4) is 5.75 Å². The number of benzene rings is 1. The molecule has 1 amide bonds. The number of carbonyl (C=O) groups is 1. The first kappa shape index (κ1) is 11.3. The van der Waals surface area contributed by atoms with Gasteiger partial charge in [-0.3, -0.25) is 0 Å². The van der Waals surface area contributed by atoms with Gasteiger partial charge in [0.25, 0.3) is 0 Å². The van der Waals surface area contributed by atoms with E-state index in [1.807, 2.05) is 0 Å². The van der Waals surface area contributed by atoms with Gasteiger partial charge in [0.1, 0.15) is 11.4 Å². The van der Waals surface area contributed by atoms with Crippen LogP contribution in [0.3, 0.4) is 0 Å². The van der Waals surface area contributed by atoms with Crippen molar-refractivity contribution in [3.05, 3.63) is 23.9 Å². The van der Waals surface area contributed by atoms with Crippen LogP contribution in [0.1, 0.15) is 18.7 Å². The Kier molecular flexibility index (Phi) is 2.86. The molecule has 90 valence electrons. The number of methoxy groups -OCH3 is 1. The lowest BCUT2D eigenvalue weighted by Gasteiger charge is -2.07. The van der Waals surface area contributed by atoms with E-state index in [9.17, 15) is 4.79 Å². The van der Waals surface area contributed by atoms with Gasteiger partial charge in [0.15, 0.2) is 5.58 Å². The van der Waals surface area contributed by atoms with Gasteiger partial charge in [-0.2, -0.15) is 0 Å². The summed E-state index contributed by atoms with van der Waals surface area (Å²) in [6, 6.07) is 4.85. The fourth-order valence-corrected chi connectivity index (χ4v) is 1.63. The molecule has 0 saturated heterocycles. The molecule has 1 heterocycles. The van der Waals surface area contributed by atoms with E-state index in [0.717, 1.165) is 5.39 Å². The SMILES string of the molecule is COc1ccc2c(C(C)NC(=O)O)noc2c1. The molecule has 0 radical (unpaired) electrons. The van der Waals surface area contributed by atoms with Gasteiger partial charge in [-0.05, 0) is 19.1 Å². The zero-order chi connectivity index (χ0) is 12.4. The van der Waals surface area contributed by atoms with E-state index in [4.69, 9.17) is 14.4 Å². The third kappa shape index (κ3) is 2.15. The molecule has 0 bridgehead atoms. The second-order valence-electron chi connectivity index (χ2n) is 3.60. The van der Waals surface area contributed by atoms with Crippen molar-refractivity contribution < 1.29 is 19.2 Å². The standard InChI is InChI=1S/C11H12N2O4/c1-6(12-11(14)15)10-8-4-3-7(16-2)5-9(8)17-13-10/h3-6,12H,1-2H3,(H,14,15). The molecular formula is C11H12N2O4. The second kappa shape index (κ2) is 4.32. The Bertz CT molecular complexity index is 549. The summed E-state index contributed by atoms with van der Waals surface area (Å²) >= 11 is 0. The molecule has 1 aromatic carbocycles. The van der Waals surface area contributed by atoms with Crippen LogP contribution in [0.5, 0.6) is 5.75 Å². The van der Waals surface area contributed by atoms with Gasteiger partial charge in [-0.25, -0.2) is 4.79 Å². The molecule has 2 rings (SSSR count). The lowest BCUT2D eigenvalue weighted by Crippen LogP contribution is -2.24. The van der Waals surface area contributed by atoms with Crippen molar-refractivity contribution in [3.63, 3.8) is 0 Å². The van der Waals surface area contributed by atoms with Crippen LogP contribution < -0.4 is 10.1 Å². The van der Waals surface area contributed by atoms with E-state index in [-0.39, 0.29) is 0 Å². The van der Waals surface area contributed by atoms with Gasteiger partial charge in [-0.15, -0.1) is 0 Å². The highest BCUT2D eigenvalue weighted by molar-refractivity contribution is 5.81. The van der Waals surface area contributed by atoms with Crippen LogP contribution in [0.4, 0.5) is 4.79 Å². The van der Waals surface area contributed by atoms with Gasteiger partial charge >= 0.3 is 6.09 Å². The minimum atomic E-state index is -1.10. The molecule has 2 aromatic rings. The van der Waals surface area contributed by atoms with Gasteiger partial charge in [0.2, 0.25) is 0 Å². The van der Waals surface area contributed by atoms with Crippen molar-refractivity contribution in [2.24, 2.45) is 0 Å². The smallest absolute Gasteiger partial charge is 0.405 e. The maximum Gasteiger partial charge on any atom is 0.405 e. The third-order valence-corrected chi connectivity index (χ3v) is 2.46. The average molecular weight is 236 g/mol. The fraction of sp³-hybridized carbons (Fsp3) is 0.273. The van der Waals surface area contributed by atoms with Crippen LogP contribution >= 0.6 is 0 Å². The van der Waals surface area contributed by atoms with Crippen LogP contribution in [0, 0.1) is 0 Å². The number of hydrogen-bond donors (Lipinski definition) is 2. The molecule has 0 spiro atoms. The Labute approximate surface area is 97.2 Å². The third-order valence-electron chi connectivity index (χ3n) is 2.46. The number of hydrogen-bond acceptors (Lipinski definition) is 4. The first-order valence-corrected chi connectivity index (χ1v) is 5.04. The fourth-order valence-electron chi connectivity index (χ4n) is 1.63. The van der Waals surface area contributed by atoms with Crippen molar-refractivity contribution >= 4 is 17.1 Å². The summed E-state index contributed by atoms with van der Waals surface area (Å²) in [6.07, 6.45) is -1.10. The lowest BCUT2D eigenvalue weighted by molar-refractivity contribution is 0.190. The summed E-state index contributed by atoms with van der Waals surface area (Å²) in [5, 5.41) is 15.6. The second-order valence-corrected chi connectivity index (χ2v) is 3.60. The van der Waals surface area contributed by atoms with E-state index in [2.05, 4.69) is 10.5 Å². The minimum Gasteiger partial charge on any atom is -0.497 e. The molecule has 6 nitrogen and oxygen atoms in total. The molecule has 0 aliphatic rings. The van der Waals surface area contributed by atoms with E-state index < -0.39 is 12.1 Å². The molecule has 6 heteroatoms. The van der Waals surface area contributed by atoms with E-state index in [1.165, 1.54) is 0 Å². The van der Waals surface area contributed by atoms with Crippen LogP contribution in [-0.4, -0.2) is 23.5 Å². The molecule has 17 heavy (non-hydrogen) atoms. The monoisotopic (exact) mass is 236 g/mol. The van der Waals surface area contributed by atoms with Crippen molar-refractivity contribution in [2.45, 2.75) is 13.0 Å². The van der Waals surface area contributed by atoms with E-state index >= 15 is 0 Å². The molecule has 0 aliphatic heterocycles.